The Morgan fingerprint density at radius 3 is 2.60 bits per heavy atom. The number of aldehydes is 1. The standard InChI is InChI=1S/C20H23NO4/c1-13-11-19(25-10-6-9-24-16(4)23)21-15(3)20(13)18-8-5-7-17(12-22)14(18)2/h5,7-8,11-12H,6,9-10H2,1-4H3. The number of aryl methyl sites for hydroxylation is 2. The van der Waals surface area contributed by atoms with E-state index in [9.17, 15) is 9.59 Å². The first kappa shape index (κ1) is 18.6. The van der Waals surface area contributed by atoms with Crippen LogP contribution in [0.15, 0.2) is 24.3 Å². The van der Waals surface area contributed by atoms with Gasteiger partial charge in [0.05, 0.1) is 13.2 Å². The highest BCUT2D eigenvalue weighted by molar-refractivity contribution is 5.84. The van der Waals surface area contributed by atoms with Crippen molar-refractivity contribution < 1.29 is 19.1 Å². The molecule has 2 rings (SSSR count). The van der Waals surface area contributed by atoms with E-state index in [1.165, 1.54) is 6.92 Å². The molecule has 0 aliphatic rings. The van der Waals surface area contributed by atoms with Gasteiger partial charge in [0.25, 0.3) is 0 Å². The molecule has 0 unspecified atom stereocenters. The van der Waals surface area contributed by atoms with E-state index in [1.54, 1.807) is 0 Å². The Hall–Kier alpha value is -2.69. The van der Waals surface area contributed by atoms with E-state index >= 15 is 0 Å². The topological polar surface area (TPSA) is 65.5 Å². The Bertz CT molecular complexity index is 760. The number of ether oxygens (including phenoxy) is 2. The van der Waals surface area contributed by atoms with Gasteiger partial charge in [0.15, 0.2) is 0 Å². The summed E-state index contributed by atoms with van der Waals surface area (Å²) in [6.07, 6.45) is 1.49. The zero-order valence-electron chi connectivity index (χ0n) is 15.1. The molecular formula is C20H23NO4. The predicted octanol–water partition coefficient (Wildman–Crippen LogP) is 3.82. The van der Waals surface area contributed by atoms with E-state index in [-0.39, 0.29) is 5.97 Å². The maximum atomic E-state index is 11.2. The second-order valence-electron chi connectivity index (χ2n) is 5.92. The summed E-state index contributed by atoms with van der Waals surface area (Å²) in [6.45, 7) is 8.03. The molecule has 132 valence electrons. The third-order valence-electron chi connectivity index (χ3n) is 3.99. The van der Waals surface area contributed by atoms with E-state index in [2.05, 4.69) is 4.98 Å². The van der Waals surface area contributed by atoms with Crippen molar-refractivity contribution in [2.24, 2.45) is 0 Å². The van der Waals surface area contributed by atoms with Gasteiger partial charge in [0.2, 0.25) is 5.88 Å². The summed E-state index contributed by atoms with van der Waals surface area (Å²) in [6, 6.07) is 7.58. The van der Waals surface area contributed by atoms with Crippen LogP contribution in [0.3, 0.4) is 0 Å². The van der Waals surface area contributed by atoms with Gasteiger partial charge in [-0.2, -0.15) is 0 Å². The minimum Gasteiger partial charge on any atom is -0.478 e. The number of carbonyl (C=O) groups is 2. The molecule has 0 N–H and O–H groups in total. The summed E-state index contributed by atoms with van der Waals surface area (Å²) in [5, 5.41) is 0. The lowest BCUT2D eigenvalue weighted by Crippen LogP contribution is -2.07. The van der Waals surface area contributed by atoms with Gasteiger partial charge >= 0.3 is 5.97 Å². The van der Waals surface area contributed by atoms with E-state index < -0.39 is 0 Å². The van der Waals surface area contributed by atoms with Crippen molar-refractivity contribution in [3.8, 4) is 17.0 Å². The van der Waals surface area contributed by atoms with Crippen LogP contribution in [0.1, 0.15) is 40.5 Å². The Labute approximate surface area is 148 Å². The van der Waals surface area contributed by atoms with Crippen LogP contribution in [-0.2, 0) is 9.53 Å². The summed E-state index contributed by atoms with van der Waals surface area (Å²) in [4.78, 5) is 26.4. The predicted molar refractivity (Wildman–Crippen MR) is 96.0 cm³/mol. The number of nitrogens with zero attached hydrogens (tertiary/aromatic N) is 1. The average Bonchev–Trinajstić information content (AvgIpc) is 2.55. The van der Waals surface area contributed by atoms with Crippen LogP contribution in [0.4, 0.5) is 0 Å². The van der Waals surface area contributed by atoms with Crippen molar-refractivity contribution in [3.05, 3.63) is 46.6 Å². The summed E-state index contributed by atoms with van der Waals surface area (Å²) in [5.74, 6) is 0.257. The van der Waals surface area contributed by atoms with Crippen LogP contribution in [-0.4, -0.2) is 30.5 Å². The molecule has 5 nitrogen and oxygen atoms in total. The second-order valence-corrected chi connectivity index (χ2v) is 5.92. The Balaban J connectivity index is 2.18. The quantitative estimate of drug-likeness (QED) is 0.435. The number of rotatable bonds is 7. The van der Waals surface area contributed by atoms with Crippen molar-refractivity contribution in [3.63, 3.8) is 0 Å². The SMILES string of the molecule is CC(=O)OCCCOc1cc(C)c(-c2cccc(C=O)c2C)c(C)n1. The van der Waals surface area contributed by atoms with Crippen molar-refractivity contribution in [1.29, 1.82) is 0 Å². The van der Waals surface area contributed by atoms with Crippen LogP contribution in [0, 0.1) is 20.8 Å². The maximum Gasteiger partial charge on any atom is 0.302 e. The summed E-state index contributed by atoms with van der Waals surface area (Å²) >= 11 is 0. The molecule has 5 heteroatoms. The van der Waals surface area contributed by atoms with E-state index in [4.69, 9.17) is 9.47 Å². The molecule has 0 saturated carbocycles. The number of esters is 1. The number of benzene rings is 1. The third kappa shape index (κ3) is 4.66. The van der Waals surface area contributed by atoms with Crippen molar-refractivity contribution in [1.82, 2.24) is 4.98 Å². The lowest BCUT2D eigenvalue weighted by Gasteiger charge is -2.15. The van der Waals surface area contributed by atoms with E-state index in [0.717, 1.165) is 34.2 Å². The summed E-state index contributed by atoms with van der Waals surface area (Å²) < 4.78 is 10.5. The van der Waals surface area contributed by atoms with Gasteiger partial charge in [-0.1, -0.05) is 18.2 Å². The van der Waals surface area contributed by atoms with Crippen molar-refractivity contribution in [2.45, 2.75) is 34.1 Å². The Kier molecular flexibility index (Phi) is 6.28. The largest absolute Gasteiger partial charge is 0.478 e. The molecule has 1 aromatic heterocycles. The minimum atomic E-state index is -0.290. The fourth-order valence-electron chi connectivity index (χ4n) is 2.78. The molecule has 1 aromatic carbocycles. The number of hydrogen-bond acceptors (Lipinski definition) is 5. The molecule has 0 aliphatic carbocycles. The molecular weight excluding hydrogens is 318 g/mol. The highest BCUT2D eigenvalue weighted by atomic mass is 16.5. The molecule has 0 radical (unpaired) electrons. The molecule has 0 saturated heterocycles. The lowest BCUT2D eigenvalue weighted by molar-refractivity contribution is -0.141. The van der Waals surface area contributed by atoms with Crippen molar-refractivity contribution in [2.75, 3.05) is 13.2 Å². The highest BCUT2D eigenvalue weighted by Gasteiger charge is 2.13. The van der Waals surface area contributed by atoms with Crippen LogP contribution in [0.5, 0.6) is 5.88 Å². The molecule has 0 atom stereocenters. The fourth-order valence-corrected chi connectivity index (χ4v) is 2.78. The monoisotopic (exact) mass is 341 g/mol. The molecule has 0 amide bonds. The number of aromatic nitrogens is 1. The maximum absolute atomic E-state index is 11.2. The minimum absolute atomic E-state index is 0.290. The van der Waals surface area contributed by atoms with Gasteiger partial charge in [0.1, 0.15) is 6.29 Å². The third-order valence-corrected chi connectivity index (χ3v) is 3.99. The Morgan fingerprint density at radius 1 is 1.20 bits per heavy atom. The normalized spacial score (nSPS) is 10.4. The van der Waals surface area contributed by atoms with Crippen LogP contribution in [0.2, 0.25) is 0 Å². The van der Waals surface area contributed by atoms with Gasteiger partial charge < -0.3 is 9.47 Å². The number of pyridine rings is 1. The second kappa shape index (κ2) is 8.42. The smallest absolute Gasteiger partial charge is 0.302 e. The molecule has 1 heterocycles. The van der Waals surface area contributed by atoms with Gasteiger partial charge in [-0.05, 0) is 37.5 Å². The zero-order valence-corrected chi connectivity index (χ0v) is 15.1. The van der Waals surface area contributed by atoms with Gasteiger partial charge in [0, 0.05) is 36.2 Å². The fraction of sp³-hybridized carbons (Fsp3) is 0.350. The molecule has 0 fully saturated rings. The Morgan fingerprint density at radius 2 is 1.96 bits per heavy atom. The van der Waals surface area contributed by atoms with Gasteiger partial charge in [-0.15, -0.1) is 0 Å². The first-order chi connectivity index (χ1) is 11.9. The van der Waals surface area contributed by atoms with Crippen molar-refractivity contribution >= 4 is 12.3 Å². The highest BCUT2D eigenvalue weighted by Crippen LogP contribution is 2.32. The van der Waals surface area contributed by atoms with Gasteiger partial charge in [-0.3, -0.25) is 9.59 Å². The molecule has 2 aromatic rings. The van der Waals surface area contributed by atoms with E-state index in [0.29, 0.717) is 31.1 Å². The molecule has 0 aliphatic heterocycles. The summed E-state index contributed by atoms with van der Waals surface area (Å²) in [7, 11) is 0. The molecule has 0 bridgehead atoms. The number of carbonyl (C=O) groups excluding carboxylic acids is 2. The van der Waals surface area contributed by atoms with Crippen LogP contribution < -0.4 is 4.74 Å². The molecule has 25 heavy (non-hydrogen) atoms. The lowest BCUT2D eigenvalue weighted by atomic mass is 9.93. The average molecular weight is 341 g/mol. The number of hydrogen-bond donors (Lipinski definition) is 0. The van der Waals surface area contributed by atoms with Crippen LogP contribution >= 0.6 is 0 Å². The summed E-state index contributed by atoms with van der Waals surface area (Å²) in [5.41, 5.74) is 5.54. The van der Waals surface area contributed by atoms with E-state index in [1.807, 2.05) is 45.0 Å². The molecule has 0 spiro atoms. The van der Waals surface area contributed by atoms with Crippen LogP contribution in [0.25, 0.3) is 11.1 Å². The zero-order chi connectivity index (χ0) is 18.4. The first-order valence-electron chi connectivity index (χ1n) is 8.23. The van der Waals surface area contributed by atoms with Gasteiger partial charge in [-0.25, -0.2) is 4.98 Å². The first-order valence-corrected chi connectivity index (χ1v) is 8.23.